The van der Waals surface area contributed by atoms with Gasteiger partial charge < -0.3 is 9.88 Å². The van der Waals surface area contributed by atoms with E-state index >= 15 is 0 Å². The summed E-state index contributed by atoms with van der Waals surface area (Å²) in [4.78, 5) is 12.6. The van der Waals surface area contributed by atoms with Crippen LogP contribution < -0.4 is 5.32 Å². The molecule has 0 bridgehead atoms. The van der Waals surface area contributed by atoms with E-state index in [9.17, 15) is 4.79 Å². The van der Waals surface area contributed by atoms with Crippen LogP contribution in [0.2, 0.25) is 5.02 Å². The second-order valence-corrected chi connectivity index (χ2v) is 7.96. The van der Waals surface area contributed by atoms with Crippen molar-refractivity contribution in [3.8, 4) is 11.4 Å². The van der Waals surface area contributed by atoms with Gasteiger partial charge in [0, 0.05) is 12.6 Å². The van der Waals surface area contributed by atoms with Crippen molar-refractivity contribution in [3.05, 3.63) is 65.2 Å². The quantitative estimate of drug-likeness (QED) is 0.619. The lowest BCUT2D eigenvalue weighted by Gasteiger charge is -2.17. The summed E-state index contributed by atoms with van der Waals surface area (Å²) in [6.45, 7) is 3.84. The zero-order chi connectivity index (χ0) is 19.4. The lowest BCUT2D eigenvalue weighted by molar-refractivity contribution is -0.120. The van der Waals surface area contributed by atoms with Gasteiger partial charge in [0.25, 0.3) is 0 Å². The van der Waals surface area contributed by atoms with Crippen LogP contribution in [0.1, 0.15) is 25.5 Å². The minimum absolute atomic E-state index is 0.0429. The molecule has 0 aliphatic carbocycles. The van der Waals surface area contributed by atoms with Crippen molar-refractivity contribution < 1.29 is 4.79 Å². The standard InChI is InChI=1S/C20H21ClN4OS/c1-13(15-9-5-4-6-10-15)22-19(26)14(2)27-20-24-23-18(25(20)3)16-11-7-8-12-17(16)21/h4-14H,1-3H3,(H,22,26). The maximum atomic E-state index is 12.6. The fourth-order valence-corrected chi connectivity index (χ4v) is 3.71. The van der Waals surface area contributed by atoms with Crippen molar-refractivity contribution >= 4 is 29.3 Å². The molecule has 0 fully saturated rings. The topological polar surface area (TPSA) is 59.8 Å². The molecule has 7 heteroatoms. The van der Waals surface area contributed by atoms with Crippen LogP contribution >= 0.6 is 23.4 Å². The Balaban J connectivity index is 1.68. The highest BCUT2D eigenvalue weighted by Gasteiger charge is 2.21. The second-order valence-electron chi connectivity index (χ2n) is 6.25. The molecule has 140 valence electrons. The molecule has 0 aliphatic rings. The fourth-order valence-electron chi connectivity index (χ4n) is 2.66. The number of hydrogen-bond acceptors (Lipinski definition) is 4. The number of carbonyl (C=O) groups excluding carboxylic acids is 1. The SMILES string of the molecule is CC(Sc1nnc(-c2ccccc2Cl)n1C)C(=O)NC(C)c1ccccc1. The Morgan fingerprint density at radius 3 is 2.44 bits per heavy atom. The number of aromatic nitrogens is 3. The molecule has 5 nitrogen and oxygen atoms in total. The molecule has 2 unspecified atom stereocenters. The molecule has 1 amide bonds. The highest BCUT2D eigenvalue weighted by molar-refractivity contribution is 8.00. The van der Waals surface area contributed by atoms with E-state index < -0.39 is 0 Å². The summed E-state index contributed by atoms with van der Waals surface area (Å²) in [5.41, 5.74) is 1.89. The van der Waals surface area contributed by atoms with E-state index in [1.165, 1.54) is 11.8 Å². The van der Waals surface area contributed by atoms with Crippen LogP contribution in [0.15, 0.2) is 59.8 Å². The van der Waals surface area contributed by atoms with Crippen LogP contribution in [-0.4, -0.2) is 25.9 Å². The van der Waals surface area contributed by atoms with Crippen molar-refractivity contribution in [3.63, 3.8) is 0 Å². The minimum atomic E-state index is -0.307. The van der Waals surface area contributed by atoms with Gasteiger partial charge in [-0.1, -0.05) is 65.8 Å². The van der Waals surface area contributed by atoms with Crippen molar-refractivity contribution in [2.24, 2.45) is 7.05 Å². The van der Waals surface area contributed by atoms with Gasteiger partial charge >= 0.3 is 0 Å². The molecule has 3 aromatic rings. The predicted molar refractivity (Wildman–Crippen MR) is 110 cm³/mol. The monoisotopic (exact) mass is 400 g/mol. The molecule has 27 heavy (non-hydrogen) atoms. The Kier molecular flexibility index (Phi) is 6.19. The number of nitrogens with one attached hydrogen (secondary N) is 1. The third kappa shape index (κ3) is 4.51. The summed E-state index contributed by atoms with van der Waals surface area (Å²) >= 11 is 7.63. The molecular weight excluding hydrogens is 380 g/mol. The van der Waals surface area contributed by atoms with Gasteiger partial charge in [0.1, 0.15) is 0 Å². The molecule has 3 rings (SSSR count). The Morgan fingerprint density at radius 2 is 1.74 bits per heavy atom. The Labute approximate surface area is 168 Å². The number of amides is 1. The lowest BCUT2D eigenvalue weighted by atomic mass is 10.1. The van der Waals surface area contributed by atoms with Crippen LogP contribution in [0.3, 0.4) is 0 Å². The number of hydrogen-bond donors (Lipinski definition) is 1. The summed E-state index contributed by atoms with van der Waals surface area (Å²) in [5.74, 6) is 0.631. The summed E-state index contributed by atoms with van der Waals surface area (Å²) in [7, 11) is 1.87. The van der Waals surface area contributed by atoms with E-state index in [-0.39, 0.29) is 17.2 Å². The number of nitrogens with zero attached hydrogens (tertiary/aromatic N) is 3. The molecule has 2 atom stereocenters. The van der Waals surface area contributed by atoms with Crippen molar-refractivity contribution in [2.45, 2.75) is 30.3 Å². The van der Waals surface area contributed by atoms with E-state index in [0.717, 1.165) is 11.1 Å². The van der Waals surface area contributed by atoms with E-state index in [4.69, 9.17) is 11.6 Å². The molecule has 2 aromatic carbocycles. The van der Waals surface area contributed by atoms with E-state index in [2.05, 4.69) is 15.5 Å². The zero-order valence-electron chi connectivity index (χ0n) is 15.4. The van der Waals surface area contributed by atoms with Crippen LogP contribution in [0.5, 0.6) is 0 Å². The Hall–Kier alpha value is -2.31. The third-order valence-electron chi connectivity index (χ3n) is 4.26. The van der Waals surface area contributed by atoms with Gasteiger partial charge in [0.05, 0.1) is 16.3 Å². The summed E-state index contributed by atoms with van der Waals surface area (Å²) in [5, 5.41) is 12.5. The van der Waals surface area contributed by atoms with Gasteiger partial charge in [0.2, 0.25) is 5.91 Å². The number of rotatable bonds is 6. The normalized spacial score (nSPS) is 13.2. The van der Waals surface area contributed by atoms with E-state index in [0.29, 0.717) is 16.0 Å². The van der Waals surface area contributed by atoms with Crippen LogP contribution in [-0.2, 0) is 11.8 Å². The third-order valence-corrected chi connectivity index (χ3v) is 5.72. The Morgan fingerprint density at radius 1 is 1.07 bits per heavy atom. The fraction of sp³-hybridized carbons (Fsp3) is 0.250. The summed E-state index contributed by atoms with van der Waals surface area (Å²) in [6, 6.07) is 17.3. The van der Waals surface area contributed by atoms with Crippen molar-refractivity contribution in [2.75, 3.05) is 0 Å². The highest BCUT2D eigenvalue weighted by atomic mass is 35.5. The maximum absolute atomic E-state index is 12.6. The Bertz CT molecular complexity index is 929. The molecule has 0 radical (unpaired) electrons. The minimum Gasteiger partial charge on any atom is -0.349 e. The zero-order valence-corrected chi connectivity index (χ0v) is 17.0. The first-order chi connectivity index (χ1) is 13.0. The average Bonchev–Trinajstić information content (AvgIpc) is 3.03. The summed E-state index contributed by atoms with van der Waals surface area (Å²) < 4.78 is 1.86. The van der Waals surface area contributed by atoms with Crippen LogP contribution in [0, 0.1) is 0 Å². The molecule has 1 N–H and O–H groups in total. The average molecular weight is 401 g/mol. The van der Waals surface area contributed by atoms with E-state index in [1.807, 2.05) is 80.1 Å². The molecule has 0 saturated carbocycles. The second kappa shape index (κ2) is 8.59. The molecule has 0 saturated heterocycles. The lowest BCUT2D eigenvalue weighted by Crippen LogP contribution is -2.33. The van der Waals surface area contributed by atoms with Crippen LogP contribution in [0.25, 0.3) is 11.4 Å². The smallest absolute Gasteiger partial charge is 0.233 e. The number of halogens is 1. The van der Waals surface area contributed by atoms with Gasteiger partial charge in [-0.05, 0) is 31.5 Å². The van der Waals surface area contributed by atoms with Gasteiger partial charge in [-0.15, -0.1) is 10.2 Å². The number of thioether (sulfide) groups is 1. The van der Waals surface area contributed by atoms with Gasteiger partial charge in [-0.2, -0.15) is 0 Å². The number of benzene rings is 2. The first-order valence-electron chi connectivity index (χ1n) is 8.63. The number of carbonyl (C=O) groups is 1. The van der Waals surface area contributed by atoms with E-state index in [1.54, 1.807) is 0 Å². The van der Waals surface area contributed by atoms with Crippen molar-refractivity contribution in [1.82, 2.24) is 20.1 Å². The van der Waals surface area contributed by atoms with Gasteiger partial charge in [-0.25, -0.2) is 0 Å². The van der Waals surface area contributed by atoms with Gasteiger partial charge in [-0.3, -0.25) is 4.79 Å². The summed E-state index contributed by atoms with van der Waals surface area (Å²) in [6.07, 6.45) is 0. The maximum Gasteiger partial charge on any atom is 0.233 e. The molecule has 1 heterocycles. The van der Waals surface area contributed by atoms with Crippen molar-refractivity contribution in [1.29, 1.82) is 0 Å². The van der Waals surface area contributed by atoms with Crippen LogP contribution in [0.4, 0.5) is 0 Å². The molecule has 0 spiro atoms. The first-order valence-corrected chi connectivity index (χ1v) is 9.89. The molecular formula is C20H21ClN4OS. The molecule has 0 aliphatic heterocycles. The highest BCUT2D eigenvalue weighted by Crippen LogP contribution is 2.29. The largest absolute Gasteiger partial charge is 0.349 e. The first kappa shape index (κ1) is 19.5. The molecule has 1 aromatic heterocycles. The van der Waals surface area contributed by atoms with Gasteiger partial charge in [0.15, 0.2) is 11.0 Å². The predicted octanol–water partition coefficient (Wildman–Crippen LogP) is 4.49.